The molecule has 1 saturated heterocycles. The van der Waals surface area contributed by atoms with Crippen LogP contribution in [0, 0.1) is 0 Å². The molecule has 0 bridgehead atoms. The van der Waals surface area contributed by atoms with Gasteiger partial charge in [-0.2, -0.15) is 0 Å². The number of hydrogen-bond donors (Lipinski definition) is 2. The van der Waals surface area contributed by atoms with Crippen LogP contribution in [0.25, 0.3) is 22.2 Å². The highest BCUT2D eigenvalue weighted by atomic mass is 16.3. The zero-order chi connectivity index (χ0) is 16.4. The van der Waals surface area contributed by atoms with Gasteiger partial charge in [0.15, 0.2) is 0 Å². The van der Waals surface area contributed by atoms with Gasteiger partial charge in [-0.15, -0.1) is 0 Å². The lowest BCUT2D eigenvalue weighted by Crippen LogP contribution is -2.38. The molecule has 1 fully saturated rings. The number of aromatic nitrogens is 1. The van der Waals surface area contributed by atoms with E-state index in [-0.39, 0.29) is 6.04 Å². The van der Waals surface area contributed by atoms with Gasteiger partial charge in [0.1, 0.15) is 0 Å². The van der Waals surface area contributed by atoms with Crippen LogP contribution in [0.4, 0.5) is 0 Å². The summed E-state index contributed by atoms with van der Waals surface area (Å²) in [7, 11) is 0. The minimum Gasteiger partial charge on any atom is -0.387 e. The van der Waals surface area contributed by atoms with Crippen LogP contribution in [0.5, 0.6) is 0 Å². The van der Waals surface area contributed by atoms with Gasteiger partial charge in [0.2, 0.25) is 0 Å². The van der Waals surface area contributed by atoms with Crippen LogP contribution >= 0.6 is 0 Å². The van der Waals surface area contributed by atoms with Crippen molar-refractivity contribution in [1.82, 2.24) is 10.3 Å². The maximum absolute atomic E-state index is 11.0. The normalized spacial score (nSPS) is 19.3. The van der Waals surface area contributed by atoms with E-state index in [9.17, 15) is 5.11 Å². The average Bonchev–Trinajstić information content (AvgIpc) is 2.68. The van der Waals surface area contributed by atoms with Crippen molar-refractivity contribution < 1.29 is 5.11 Å². The number of rotatable bonds is 3. The third-order valence-electron chi connectivity index (χ3n) is 4.87. The number of hydrogen-bond acceptors (Lipinski definition) is 3. The summed E-state index contributed by atoms with van der Waals surface area (Å²) in [6.45, 7) is 0.982. The van der Waals surface area contributed by atoms with Crippen molar-refractivity contribution in [2.75, 3.05) is 6.54 Å². The minimum atomic E-state index is -0.513. The van der Waals surface area contributed by atoms with Gasteiger partial charge in [-0.3, -0.25) is 0 Å². The molecule has 2 atom stereocenters. The summed E-state index contributed by atoms with van der Waals surface area (Å²) in [6, 6.07) is 20.4. The fraction of sp³-hybridized carbons (Fsp3) is 0.286. The molecule has 1 aliphatic rings. The van der Waals surface area contributed by atoms with Crippen LogP contribution in [0.3, 0.4) is 0 Å². The van der Waals surface area contributed by atoms with Gasteiger partial charge < -0.3 is 10.4 Å². The highest BCUT2D eigenvalue weighted by molar-refractivity contribution is 5.85. The second-order valence-corrected chi connectivity index (χ2v) is 6.48. The maximum Gasteiger partial charge on any atom is 0.0950 e. The third kappa shape index (κ3) is 2.93. The van der Waals surface area contributed by atoms with E-state index >= 15 is 0 Å². The lowest BCUT2D eigenvalue weighted by atomic mass is 9.92. The number of aliphatic hydroxyl groups excluding tert-OH is 1. The molecular weight excluding hydrogens is 296 g/mol. The summed E-state index contributed by atoms with van der Waals surface area (Å²) in [5.74, 6) is 0. The Balaban J connectivity index is 1.83. The number of fused-ring (bicyclic) bond motifs is 1. The second kappa shape index (κ2) is 6.71. The van der Waals surface area contributed by atoms with Gasteiger partial charge in [-0.05, 0) is 37.1 Å². The Hall–Kier alpha value is -2.23. The molecule has 2 N–H and O–H groups in total. The topological polar surface area (TPSA) is 45.2 Å². The van der Waals surface area contributed by atoms with Gasteiger partial charge >= 0.3 is 0 Å². The van der Waals surface area contributed by atoms with Crippen LogP contribution in [0.15, 0.2) is 60.7 Å². The molecule has 24 heavy (non-hydrogen) atoms. The molecule has 0 unspecified atom stereocenters. The van der Waals surface area contributed by atoms with Gasteiger partial charge in [0, 0.05) is 17.0 Å². The fourth-order valence-electron chi connectivity index (χ4n) is 3.57. The first-order valence-corrected chi connectivity index (χ1v) is 8.69. The number of aliphatic hydroxyl groups is 1. The number of nitrogens with zero attached hydrogens (tertiary/aromatic N) is 1. The smallest absolute Gasteiger partial charge is 0.0950 e. The summed E-state index contributed by atoms with van der Waals surface area (Å²) in [5, 5.41) is 15.5. The molecule has 0 aliphatic carbocycles. The Morgan fingerprint density at radius 1 is 1.00 bits per heavy atom. The standard InChI is InChI=1S/C21H22N2O/c24-21(19-12-6-7-13-22-19)17-14-20(15-8-2-1-3-9-15)23-18-11-5-4-10-16(17)18/h1-5,8-11,14,19,21-22,24H,6-7,12-13H2/t19-,21+/m0/s1. The number of nitrogens with one attached hydrogen (secondary N) is 1. The summed E-state index contributed by atoms with van der Waals surface area (Å²) < 4.78 is 0. The third-order valence-corrected chi connectivity index (χ3v) is 4.87. The Bertz CT molecular complexity index is 826. The van der Waals surface area contributed by atoms with Crippen LogP contribution < -0.4 is 5.32 Å². The Morgan fingerprint density at radius 3 is 2.58 bits per heavy atom. The molecule has 0 saturated carbocycles. The maximum atomic E-state index is 11.0. The molecule has 122 valence electrons. The van der Waals surface area contributed by atoms with E-state index in [4.69, 9.17) is 4.98 Å². The van der Waals surface area contributed by atoms with Crippen molar-refractivity contribution in [2.24, 2.45) is 0 Å². The van der Waals surface area contributed by atoms with E-state index in [1.807, 2.05) is 36.4 Å². The van der Waals surface area contributed by atoms with E-state index in [2.05, 4.69) is 29.6 Å². The first kappa shape index (κ1) is 15.3. The molecule has 2 aromatic carbocycles. The van der Waals surface area contributed by atoms with Crippen LogP contribution in [-0.2, 0) is 0 Å². The van der Waals surface area contributed by atoms with Gasteiger partial charge in [-0.25, -0.2) is 4.98 Å². The lowest BCUT2D eigenvalue weighted by Gasteiger charge is -2.29. The number of para-hydroxylation sites is 1. The fourth-order valence-corrected chi connectivity index (χ4v) is 3.57. The number of benzene rings is 2. The van der Waals surface area contributed by atoms with Crippen LogP contribution in [-0.4, -0.2) is 22.7 Å². The summed E-state index contributed by atoms with van der Waals surface area (Å²) in [4.78, 5) is 4.80. The van der Waals surface area contributed by atoms with Crippen LogP contribution in [0.1, 0.15) is 30.9 Å². The van der Waals surface area contributed by atoms with E-state index in [0.717, 1.165) is 40.7 Å². The molecule has 3 nitrogen and oxygen atoms in total. The van der Waals surface area contributed by atoms with Gasteiger partial charge in [0.05, 0.1) is 17.3 Å². The molecule has 0 radical (unpaired) electrons. The van der Waals surface area contributed by atoms with Crippen molar-refractivity contribution in [3.05, 3.63) is 66.2 Å². The van der Waals surface area contributed by atoms with E-state index in [0.29, 0.717) is 0 Å². The summed E-state index contributed by atoms with van der Waals surface area (Å²) in [6.07, 6.45) is 2.86. The average molecular weight is 318 g/mol. The van der Waals surface area contributed by atoms with Crippen molar-refractivity contribution in [3.63, 3.8) is 0 Å². The SMILES string of the molecule is O[C@H](c1cc(-c2ccccc2)nc2ccccc12)[C@@H]1CCCCN1. The molecule has 0 spiro atoms. The molecule has 2 heterocycles. The first-order chi connectivity index (χ1) is 11.8. The zero-order valence-corrected chi connectivity index (χ0v) is 13.7. The minimum absolute atomic E-state index is 0.119. The molecule has 1 aliphatic heterocycles. The zero-order valence-electron chi connectivity index (χ0n) is 13.7. The predicted octanol–water partition coefficient (Wildman–Crippen LogP) is 4.08. The monoisotopic (exact) mass is 318 g/mol. The molecule has 1 aromatic heterocycles. The number of pyridine rings is 1. The quantitative estimate of drug-likeness (QED) is 0.765. The first-order valence-electron chi connectivity index (χ1n) is 8.69. The Labute approximate surface area is 142 Å². The predicted molar refractivity (Wildman–Crippen MR) is 97.8 cm³/mol. The Morgan fingerprint density at radius 2 is 1.79 bits per heavy atom. The highest BCUT2D eigenvalue weighted by Crippen LogP contribution is 2.31. The lowest BCUT2D eigenvalue weighted by molar-refractivity contribution is 0.115. The summed E-state index contributed by atoms with van der Waals surface area (Å²) >= 11 is 0. The highest BCUT2D eigenvalue weighted by Gasteiger charge is 2.25. The molecule has 3 aromatic rings. The van der Waals surface area contributed by atoms with Crippen molar-refractivity contribution in [1.29, 1.82) is 0 Å². The van der Waals surface area contributed by atoms with Crippen LogP contribution in [0.2, 0.25) is 0 Å². The van der Waals surface area contributed by atoms with Gasteiger partial charge in [-0.1, -0.05) is 55.0 Å². The second-order valence-electron chi connectivity index (χ2n) is 6.48. The van der Waals surface area contributed by atoms with Crippen molar-refractivity contribution in [3.8, 4) is 11.3 Å². The molecule has 4 rings (SSSR count). The van der Waals surface area contributed by atoms with E-state index < -0.39 is 6.10 Å². The van der Waals surface area contributed by atoms with E-state index in [1.54, 1.807) is 0 Å². The molecular formula is C21H22N2O. The number of piperidine rings is 1. The van der Waals surface area contributed by atoms with Crippen molar-refractivity contribution >= 4 is 10.9 Å². The Kier molecular flexibility index (Phi) is 4.28. The van der Waals surface area contributed by atoms with Gasteiger partial charge in [0.25, 0.3) is 0 Å². The molecule has 3 heteroatoms. The summed E-state index contributed by atoms with van der Waals surface area (Å²) in [5.41, 5.74) is 3.90. The molecule has 0 amide bonds. The largest absolute Gasteiger partial charge is 0.387 e. The van der Waals surface area contributed by atoms with E-state index in [1.165, 1.54) is 12.8 Å². The van der Waals surface area contributed by atoms with Crippen molar-refractivity contribution in [2.45, 2.75) is 31.4 Å².